The molecule has 1 fully saturated rings. The second kappa shape index (κ2) is 7.66. The van der Waals surface area contributed by atoms with E-state index in [-0.39, 0.29) is 11.2 Å². The van der Waals surface area contributed by atoms with Gasteiger partial charge < -0.3 is 9.64 Å². The lowest BCUT2D eigenvalue weighted by molar-refractivity contribution is -0.127. The van der Waals surface area contributed by atoms with Gasteiger partial charge in [-0.2, -0.15) is 0 Å². The molecule has 0 bridgehead atoms. The number of ether oxygens (including phenoxy) is 1. The van der Waals surface area contributed by atoms with E-state index in [1.807, 2.05) is 25.1 Å². The van der Waals surface area contributed by atoms with Gasteiger partial charge in [0.1, 0.15) is 12.4 Å². The van der Waals surface area contributed by atoms with Gasteiger partial charge in [0.05, 0.1) is 10.3 Å². The van der Waals surface area contributed by atoms with E-state index in [2.05, 4.69) is 14.8 Å². The Morgan fingerprint density at radius 2 is 2.12 bits per heavy atom. The molecule has 25 heavy (non-hydrogen) atoms. The second-order valence-corrected chi connectivity index (χ2v) is 7.93. The first-order valence-corrected chi connectivity index (χ1v) is 9.42. The van der Waals surface area contributed by atoms with Crippen LogP contribution in [0.3, 0.4) is 0 Å². The van der Waals surface area contributed by atoms with Gasteiger partial charge in [-0.1, -0.05) is 35.5 Å². The number of nitrogens with zero attached hydrogens (tertiary/aromatic N) is 4. The summed E-state index contributed by atoms with van der Waals surface area (Å²) in [6.07, 6.45) is 2.20. The van der Waals surface area contributed by atoms with Crippen LogP contribution in [0.25, 0.3) is 0 Å². The summed E-state index contributed by atoms with van der Waals surface area (Å²) in [5, 5.41) is 9.69. The van der Waals surface area contributed by atoms with Gasteiger partial charge in [0, 0.05) is 20.1 Å². The molecule has 1 atom stereocenters. The van der Waals surface area contributed by atoms with Crippen LogP contribution in [0.1, 0.15) is 31.6 Å². The first-order valence-electron chi connectivity index (χ1n) is 8.16. The fourth-order valence-electron chi connectivity index (χ4n) is 2.46. The molecule has 0 radical (unpaired) electrons. The zero-order chi connectivity index (χ0) is 18.0. The Morgan fingerprint density at radius 3 is 2.76 bits per heavy atom. The number of para-hydroxylation sites is 1. The van der Waals surface area contributed by atoms with E-state index >= 15 is 0 Å². The Labute approximate surface area is 156 Å². The van der Waals surface area contributed by atoms with Crippen molar-refractivity contribution >= 4 is 29.3 Å². The van der Waals surface area contributed by atoms with Crippen molar-refractivity contribution in [1.29, 1.82) is 0 Å². The molecule has 0 N–H and O–H groups in total. The molecule has 8 heteroatoms. The maximum absolute atomic E-state index is 12.1. The minimum Gasteiger partial charge on any atom is -0.484 e. The summed E-state index contributed by atoms with van der Waals surface area (Å²) in [5.74, 6) is 1.44. The average molecular weight is 381 g/mol. The summed E-state index contributed by atoms with van der Waals surface area (Å²) in [5.41, 5.74) is 0. The Bertz CT molecular complexity index is 761. The van der Waals surface area contributed by atoms with E-state index in [0.717, 1.165) is 23.8 Å². The number of amides is 1. The van der Waals surface area contributed by atoms with E-state index in [0.29, 0.717) is 23.4 Å². The van der Waals surface area contributed by atoms with Gasteiger partial charge in [-0.25, -0.2) is 0 Å². The van der Waals surface area contributed by atoms with E-state index in [1.165, 1.54) is 11.8 Å². The minimum absolute atomic E-state index is 0.0595. The molecule has 0 saturated heterocycles. The van der Waals surface area contributed by atoms with Crippen molar-refractivity contribution in [3.05, 3.63) is 35.1 Å². The quantitative estimate of drug-likeness (QED) is 0.689. The van der Waals surface area contributed by atoms with Crippen LogP contribution >= 0.6 is 23.4 Å². The molecule has 134 valence electrons. The van der Waals surface area contributed by atoms with Crippen LogP contribution < -0.4 is 4.74 Å². The van der Waals surface area contributed by atoms with Gasteiger partial charge in [-0.05, 0) is 31.9 Å². The van der Waals surface area contributed by atoms with Crippen molar-refractivity contribution in [3.63, 3.8) is 0 Å². The number of rotatable bonds is 7. The molecule has 1 aliphatic carbocycles. The van der Waals surface area contributed by atoms with Gasteiger partial charge in [-0.3, -0.25) is 9.36 Å². The van der Waals surface area contributed by atoms with Gasteiger partial charge in [0.15, 0.2) is 11.0 Å². The third-order valence-corrected chi connectivity index (χ3v) is 5.27. The van der Waals surface area contributed by atoms with Gasteiger partial charge >= 0.3 is 0 Å². The molecule has 1 heterocycles. The molecule has 1 aromatic heterocycles. The number of thioether (sulfide) groups is 1. The first-order chi connectivity index (χ1) is 12.0. The fraction of sp³-hybridized carbons (Fsp3) is 0.471. The molecular weight excluding hydrogens is 360 g/mol. The Hall–Kier alpha value is -1.73. The normalized spacial score (nSPS) is 15.0. The van der Waals surface area contributed by atoms with Crippen LogP contribution in [0.4, 0.5) is 0 Å². The molecule has 3 rings (SSSR count). The van der Waals surface area contributed by atoms with Gasteiger partial charge in [0.2, 0.25) is 5.91 Å². The lowest BCUT2D eigenvalue weighted by Crippen LogP contribution is -2.29. The molecule has 1 unspecified atom stereocenters. The molecule has 1 saturated carbocycles. The lowest BCUT2D eigenvalue weighted by atomic mass is 10.3. The van der Waals surface area contributed by atoms with Crippen molar-refractivity contribution in [1.82, 2.24) is 19.7 Å². The summed E-state index contributed by atoms with van der Waals surface area (Å²) in [6, 6.07) is 7.75. The van der Waals surface area contributed by atoms with E-state index in [1.54, 1.807) is 25.1 Å². The summed E-state index contributed by atoms with van der Waals surface area (Å²) in [4.78, 5) is 13.7. The van der Waals surface area contributed by atoms with Crippen LogP contribution in [0.15, 0.2) is 29.4 Å². The molecule has 1 amide bonds. The van der Waals surface area contributed by atoms with Crippen LogP contribution in [0.2, 0.25) is 5.02 Å². The Balaban J connectivity index is 1.74. The lowest BCUT2D eigenvalue weighted by Gasteiger charge is -2.16. The van der Waals surface area contributed by atoms with E-state index in [9.17, 15) is 4.79 Å². The van der Waals surface area contributed by atoms with Crippen LogP contribution in [0.5, 0.6) is 5.75 Å². The number of halogens is 1. The predicted molar refractivity (Wildman–Crippen MR) is 98.1 cm³/mol. The summed E-state index contributed by atoms with van der Waals surface area (Å²) < 4.78 is 7.90. The zero-order valence-electron chi connectivity index (χ0n) is 14.5. The van der Waals surface area contributed by atoms with E-state index < -0.39 is 0 Å². The Kier molecular flexibility index (Phi) is 5.54. The molecule has 1 aliphatic rings. The van der Waals surface area contributed by atoms with Gasteiger partial charge in [0.25, 0.3) is 0 Å². The van der Waals surface area contributed by atoms with Crippen molar-refractivity contribution < 1.29 is 9.53 Å². The Morgan fingerprint density at radius 1 is 1.40 bits per heavy atom. The van der Waals surface area contributed by atoms with Crippen molar-refractivity contribution in [2.45, 2.75) is 42.8 Å². The molecule has 0 spiro atoms. The largest absolute Gasteiger partial charge is 0.484 e. The topological polar surface area (TPSA) is 60.3 Å². The second-order valence-electron chi connectivity index (χ2n) is 6.21. The predicted octanol–water partition coefficient (Wildman–Crippen LogP) is 3.41. The highest BCUT2D eigenvalue weighted by Gasteiger charge is 2.31. The molecular formula is C17H21ClN4O2S. The summed E-state index contributed by atoms with van der Waals surface area (Å²) in [7, 11) is 3.52. The van der Waals surface area contributed by atoms with Crippen molar-refractivity contribution in [3.8, 4) is 5.75 Å². The number of carbonyl (C=O) groups excluding carboxylic acids is 1. The maximum atomic E-state index is 12.1. The third-order valence-electron chi connectivity index (χ3n) is 3.91. The van der Waals surface area contributed by atoms with Crippen molar-refractivity contribution in [2.24, 2.45) is 0 Å². The monoisotopic (exact) mass is 380 g/mol. The van der Waals surface area contributed by atoms with Crippen LogP contribution in [-0.2, 0) is 11.4 Å². The highest BCUT2D eigenvalue weighted by molar-refractivity contribution is 8.00. The molecule has 2 aromatic rings. The minimum atomic E-state index is -0.214. The van der Waals surface area contributed by atoms with Crippen LogP contribution in [-0.4, -0.2) is 44.9 Å². The number of carbonyl (C=O) groups is 1. The van der Waals surface area contributed by atoms with E-state index in [4.69, 9.17) is 16.3 Å². The first kappa shape index (κ1) is 18.1. The fourth-order valence-corrected chi connectivity index (χ4v) is 3.74. The van der Waals surface area contributed by atoms with Crippen LogP contribution in [0, 0.1) is 0 Å². The number of benzene rings is 1. The summed E-state index contributed by atoms with van der Waals surface area (Å²) in [6.45, 7) is 2.18. The third kappa shape index (κ3) is 4.27. The number of hydrogen-bond acceptors (Lipinski definition) is 5. The van der Waals surface area contributed by atoms with Crippen molar-refractivity contribution in [2.75, 3.05) is 14.1 Å². The zero-order valence-corrected chi connectivity index (χ0v) is 16.0. The highest BCUT2D eigenvalue weighted by Crippen LogP contribution is 2.40. The average Bonchev–Trinajstić information content (AvgIpc) is 3.35. The maximum Gasteiger partial charge on any atom is 0.235 e. The molecule has 1 aromatic carbocycles. The SMILES string of the molecule is CC(Sc1nnc(COc2ccccc2Cl)n1C1CC1)C(=O)N(C)C. The standard InChI is InChI=1S/C17H21ClN4O2S/c1-11(16(23)21(2)3)25-17-20-19-15(22(17)12-8-9-12)10-24-14-7-5-4-6-13(14)18/h4-7,11-12H,8-10H2,1-3H3. The van der Waals surface area contributed by atoms with Gasteiger partial charge in [-0.15, -0.1) is 10.2 Å². The molecule has 6 nitrogen and oxygen atoms in total. The smallest absolute Gasteiger partial charge is 0.235 e. The molecule has 0 aliphatic heterocycles. The number of aromatic nitrogens is 3. The number of hydrogen-bond donors (Lipinski definition) is 0. The highest BCUT2D eigenvalue weighted by atomic mass is 35.5. The summed E-state index contributed by atoms with van der Waals surface area (Å²) >= 11 is 7.57.